The summed E-state index contributed by atoms with van der Waals surface area (Å²) in [6, 6.07) is 0. The smallest absolute Gasteiger partial charge is 0.306 e. The molecule has 0 aromatic carbocycles. The number of allylic oxidation sites excluding steroid dienone is 14. The highest BCUT2D eigenvalue weighted by molar-refractivity contribution is 5.71. The molecule has 6 nitrogen and oxygen atoms in total. The molecule has 0 amide bonds. The van der Waals surface area contributed by atoms with Crippen LogP contribution in [0.25, 0.3) is 0 Å². The van der Waals surface area contributed by atoms with Gasteiger partial charge in [0.25, 0.3) is 0 Å². The Balaban J connectivity index is 4.41. The fourth-order valence-electron chi connectivity index (χ4n) is 7.01. The second-order valence-corrected chi connectivity index (χ2v) is 17.2. The van der Waals surface area contributed by atoms with Gasteiger partial charge in [0.05, 0.1) is 0 Å². The van der Waals surface area contributed by atoms with Crippen LogP contribution in [0.5, 0.6) is 0 Å². The molecule has 0 aromatic heterocycles. The van der Waals surface area contributed by atoms with Crippen molar-refractivity contribution in [3.05, 3.63) is 85.1 Å². The van der Waals surface area contributed by atoms with Crippen molar-refractivity contribution in [1.29, 1.82) is 0 Å². The van der Waals surface area contributed by atoms with Crippen LogP contribution in [0.4, 0.5) is 0 Å². The van der Waals surface area contributed by atoms with E-state index in [-0.39, 0.29) is 31.1 Å². The van der Waals surface area contributed by atoms with Crippen LogP contribution in [0.15, 0.2) is 85.1 Å². The Labute approximate surface area is 388 Å². The van der Waals surface area contributed by atoms with Crippen molar-refractivity contribution in [1.82, 2.24) is 0 Å². The summed E-state index contributed by atoms with van der Waals surface area (Å²) < 4.78 is 16.7. The minimum absolute atomic E-state index is 0.0977. The first-order valence-electron chi connectivity index (χ1n) is 26.2. The van der Waals surface area contributed by atoms with Gasteiger partial charge < -0.3 is 14.2 Å². The second kappa shape index (κ2) is 51.2. The van der Waals surface area contributed by atoms with E-state index in [4.69, 9.17) is 14.2 Å². The molecular weight excluding hydrogens is 781 g/mol. The summed E-state index contributed by atoms with van der Waals surface area (Å²) in [6.45, 7) is 6.40. The lowest BCUT2D eigenvalue weighted by Gasteiger charge is -2.18. The molecule has 0 spiro atoms. The quantitative estimate of drug-likeness (QED) is 0.0199. The fourth-order valence-corrected chi connectivity index (χ4v) is 7.01. The molecule has 0 bridgehead atoms. The Morgan fingerprint density at radius 1 is 0.333 bits per heavy atom. The number of carbonyl (C=O) groups is 3. The van der Waals surface area contributed by atoms with Crippen LogP contribution >= 0.6 is 0 Å². The Morgan fingerprint density at radius 2 is 0.651 bits per heavy atom. The number of hydrogen-bond acceptors (Lipinski definition) is 6. The van der Waals surface area contributed by atoms with Gasteiger partial charge in [-0.25, -0.2) is 0 Å². The predicted octanol–water partition coefficient (Wildman–Crippen LogP) is 17.2. The molecule has 0 saturated carbocycles. The molecule has 1 atom stereocenters. The molecule has 360 valence electrons. The third kappa shape index (κ3) is 49.5. The molecule has 0 rings (SSSR count). The molecule has 6 heteroatoms. The first-order valence-corrected chi connectivity index (χ1v) is 26.2. The summed E-state index contributed by atoms with van der Waals surface area (Å²) >= 11 is 0. The predicted molar refractivity (Wildman–Crippen MR) is 270 cm³/mol. The number of esters is 3. The van der Waals surface area contributed by atoms with E-state index in [1.807, 2.05) is 18.2 Å². The largest absolute Gasteiger partial charge is 0.462 e. The third-order valence-corrected chi connectivity index (χ3v) is 11.0. The van der Waals surface area contributed by atoms with Crippen molar-refractivity contribution in [3.8, 4) is 0 Å². The highest BCUT2D eigenvalue weighted by Crippen LogP contribution is 2.14. The van der Waals surface area contributed by atoms with Crippen molar-refractivity contribution in [2.75, 3.05) is 13.2 Å². The third-order valence-electron chi connectivity index (χ3n) is 11.0. The topological polar surface area (TPSA) is 78.9 Å². The van der Waals surface area contributed by atoms with Gasteiger partial charge in [0.15, 0.2) is 6.10 Å². The van der Waals surface area contributed by atoms with Crippen LogP contribution in [0.2, 0.25) is 0 Å². The Hall–Kier alpha value is -3.41. The van der Waals surface area contributed by atoms with Crippen LogP contribution in [0, 0.1) is 0 Å². The van der Waals surface area contributed by atoms with Crippen molar-refractivity contribution in [2.45, 2.75) is 245 Å². The van der Waals surface area contributed by atoms with Crippen molar-refractivity contribution < 1.29 is 28.6 Å². The van der Waals surface area contributed by atoms with E-state index >= 15 is 0 Å². The van der Waals surface area contributed by atoms with E-state index in [0.29, 0.717) is 19.3 Å². The summed E-state index contributed by atoms with van der Waals surface area (Å²) in [6.07, 6.45) is 65.7. The van der Waals surface area contributed by atoms with E-state index in [2.05, 4.69) is 87.6 Å². The normalized spacial score (nSPS) is 12.7. The zero-order valence-corrected chi connectivity index (χ0v) is 41.1. The van der Waals surface area contributed by atoms with Gasteiger partial charge in [0.2, 0.25) is 0 Å². The molecule has 0 aliphatic rings. The van der Waals surface area contributed by atoms with Gasteiger partial charge in [-0.05, 0) is 83.5 Å². The lowest BCUT2D eigenvalue weighted by molar-refractivity contribution is -0.167. The van der Waals surface area contributed by atoms with Crippen LogP contribution < -0.4 is 0 Å². The first kappa shape index (κ1) is 59.6. The summed E-state index contributed by atoms with van der Waals surface area (Å²) in [5.41, 5.74) is 0. The zero-order valence-electron chi connectivity index (χ0n) is 41.1. The average Bonchev–Trinajstić information content (AvgIpc) is 3.28. The first-order chi connectivity index (χ1) is 31.0. The molecular formula is C57H96O6. The minimum atomic E-state index is -0.801. The fraction of sp³-hybridized carbons (Fsp3) is 0.702. The molecule has 0 saturated heterocycles. The molecule has 0 aliphatic heterocycles. The van der Waals surface area contributed by atoms with E-state index in [1.54, 1.807) is 0 Å². The minimum Gasteiger partial charge on any atom is -0.462 e. The monoisotopic (exact) mass is 877 g/mol. The molecule has 0 N–H and O–H groups in total. The Morgan fingerprint density at radius 3 is 1.10 bits per heavy atom. The molecule has 0 fully saturated rings. The molecule has 0 radical (unpaired) electrons. The molecule has 0 heterocycles. The highest BCUT2D eigenvalue weighted by atomic mass is 16.6. The summed E-state index contributed by atoms with van der Waals surface area (Å²) in [7, 11) is 0. The maximum absolute atomic E-state index is 12.8. The number of carbonyl (C=O) groups excluding carboxylic acids is 3. The van der Waals surface area contributed by atoms with E-state index in [1.165, 1.54) is 103 Å². The maximum atomic E-state index is 12.8. The van der Waals surface area contributed by atoms with Crippen LogP contribution in [-0.2, 0) is 28.6 Å². The van der Waals surface area contributed by atoms with Crippen molar-refractivity contribution >= 4 is 17.9 Å². The van der Waals surface area contributed by atoms with Gasteiger partial charge in [0, 0.05) is 19.3 Å². The van der Waals surface area contributed by atoms with Gasteiger partial charge in [0.1, 0.15) is 13.2 Å². The summed E-state index contributed by atoms with van der Waals surface area (Å²) in [4.78, 5) is 37.9. The number of ether oxygens (including phenoxy) is 3. The molecule has 1 unspecified atom stereocenters. The lowest BCUT2D eigenvalue weighted by Crippen LogP contribution is -2.30. The summed E-state index contributed by atoms with van der Waals surface area (Å²) in [5, 5.41) is 0. The number of rotatable bonds is 46. The van der Waals surface area contributed by atoms with E-state index in [9.17, 15) is 14.4 Å². The SMILES string of the molecule is CC\C=C/C=C\C=C/C=C\CCCCCCCC(=O)OC(COC(=O)CCCCC/C=C\C=C/CCCC)COC(=O)CCCCCCCCC/C=C\CCCCCCCCCC. The Kier molecular flexibility index (Phi) is 48.5. The molecule has 0 aromatic rings. The molecule has 0 aliphatic carbocycles. The van der Waals surface area contributed by atoms with Crippen LogP contribution in [0.3, 0.4) is 0 Å². The van der Waals surface area contributed by atoms with Gasteiger partial charge in [-0.2, -0.15) is 0 Å². The van der Waals surface area contributed by atoms with Gasteiger partial charge >= 0.3 is 17.9 Å². The van der Waals surface area contributed by atoms with Crippen molar-refractivity contribution in [3.63, 3.8) is 0 Å². The van der Waals surface area contributed by atoms with Crippen LogP contribution in [0.1, 0.15) is 239 Å². The zero-order chi connectivity index (χ0) is 45.8. The maximum Gasteiger partial charge on any atom is 0.306 e. The van der Waals surface area contributed by atoms with Gasteiger partial charge in [-0.15, -0.1) is 0 Å². The van der Waals surface area contributed by atoms with Crippen molar-refractivity contribution in [2.24, 2.45) is 0 Å². The average molecular weight is 877 g/mol. The Bertz CT molecular complexity index is 1240. The van der Waals surface area contributed by atoms with Crippen LogP contribution in [-0.4, -0.2) is 37.2 Å². The second-order valence-electron chi connectivity index (χ2n) is 17.2. The van der Waals surface area contributed by atoms with Gasteiger partial charge in [-0.1, -0.05) is 221 Å². The number of unbranched alkanes of at least 4 members (excludes halogenated alkanes) is 25. The number of hydrogen-bond donors (Lipinski definition) is 0. The van der Waals surface area contributed by atoms with E-state index < -0.39 is 6.10 Å². The van der Waals surface area contributed by atoms with E-state index in [0.717, 1.165) is 96.3 Å². The highest BCUT2D eigenvalue weighted by Gasteiger charge is 2.19. The standard InChI is InChI=1S/C57H96O6/c1-4-7-10-13-16-19-22-24-26-27-28-29-31-32-35-38-41-44-47-50-56(59)62-53-54(52-61-55(58)49-46-43-40-37-34-21-18-15-12-9-6-3)63-57(60)51-48-45-42-39-36-33-30-25-23-20-17-14-11-8-5-2/h8,11,14-15,17-18,20-21,23,25,27-28,30,34,54H,4-7,9-10,12-13,16,19,22,24,26,29,31-33,35-53H2,1-3H3/b11-8-,17-14-,18-15-,23-20-,28-27-,30-25-,34-21-. The molecule has 63 heavy (non-hydrogen) atoms. The summed E-state index contributed by atoms with van der Waals surface area (Å²) in [5.74, 6) is -0.955. The van der Waals surface area contributed by atoms with Gasteiger partial charge in [-0.3, -0.25) is 14.4 Å². The lowest BCUT2D eigenvalue weighted by atomic mass is 10.1.